The lowest BCUT2D eigenvalue weighted by Gasteiger charge is -2.28. The highest BCUT2D eigenvalue weighted by molar-refractivity contribution is 5.97. The van der Waals surface area contributed by atoms with Gasteiger partial charge in [-0.3, -0.25) is 9.89 Å². The number of benzene rings is 1. The van der Waals surface area contributed by atoms with E-state index in [0.717, 1.165) is 73.1 Å². The Balaban J connectivity index is 1.35. The molecule has 0 amide bonds. The van der Waals surface area contributed by atoms with Crippen LogP contribution in [0, 0.1) is 6.92 Å². The zero-order valence-electron chi connectivity index (χ0n) is 16.8. The predicted octanol–water partition coefficient (Wildman–Crippen LogP) is 3.97. The first-order valence-electron chi connectivity index (χ1n) is 10.4. The first-order valence-corrected chi connectivity index (χ1v) is 10.4. The van der Waals surface area contributed by atoms with Crippen molar-refractivity contribution >= 4 is 5.71 Å². The topological polar surface area (TPSA) is 67.4 Å². The fourth-order valence-electron chi connectivity index (χ4n) is 4.14. The summed E-state index contributed by atoms with van der Waals surface area (Å²) in [5.41, 5.74) is 6.65. The number of aryl methyl sites for hydroxylation is 1. The van der Waals surface area contributed by atoms with Crippen LogP contribution in [0.15, 0.2) is 46.0 Å². The van der Waals surface area contributed by atoms with Gasteiger partial charge in [-0.25, -0.2) is 9.97 Å². The zero-order valence-corrected chi connectivity index (χ0v) is 16.8. The van der Waals surface area contributed by atoms with Gasteiger partial charge in [0.05, 0.1) is 17.1 Å². The molecule has 4 heterocycles. The van der Waals surface area contributed by atoms with E-state index in [0.29, 0.717) is 0 Å². The van der Waals surface area contributed by atoms with Crippen LogP contribution in [0.3, 0.4) is 0 Å². The van der Waals surface area contributed by atoms with Gasteiger partial charge in [-0.15, -0.1) is 0 Å². The Morgan fingerprint density at radius 1 is 1.10 bits per heavy atom. The van der Waals surface area contributed by atoms with Crippen LogP contribution >= 0.6 is 0 Å². The zero-order chi connectivity index (χ0) is 19.6. The summed E-state index contributed by atoms with van der Waals surface area (Å²) in [6.07, 6.45) is 6.30. The van der Waals surface area contributed by atoms with Crippen molar-refractivity contribution in [1.29, 1.82) is 0 Å². The van der Waals surface area contributed by atoms with Gasteiger partial charge in [-0.2, -0.15) is 0 Å². The Bertz CT molecular complexity index is 1040. The number of fused-ring (bicyclic) bond motifs is 1. The molecule has 2 aliphatic rings. The molecule has 0 fully saturated rings. The fourth-order valence-corrected chi connectivity index (χ4v) is 4.14. The van der Waals surface area contributed by atoms with Crippen molar-refractivity contribution in [3.8, 4) is 11.3 Å². The predicted molar refractivity (Wildman–Crippen MR) is 112 cm³/mol. The summed E-state index contributed by atoms with van der Waals surface area (Å²) in [5, 5.41) is 4.23. The molecular weight excluding hydrogens is 362 g/mol. The van der Waals surface area contributed by atoms with Gasteiger partial charge in [0.25, 0.3) is 0 Å². The van der Waals surface area contributed by atoms with E-state index < -0.39 is 0 Å². The Hall–Kier alpha value is -2.86. The maximum absolute atomic E-state index is 5.66. The lowest BCUT2D eigenvalue weighted by molar-refractivity contribution is 0.242. The summed E-state index contributed by atoms with van der Waals surface area (Å²) in [5.74, 6) is 1.70. The molecule has 0 spiro atoms. The maximum atomic E-state index is 5.66. The van der Waals surface area contributed by atoms with Gasteiger partial charge in [0.1, 0.15) is 0 Å². The van der Waals surface area contributed by atoms with Gasteiger partial charge >= 0.3 is 0 Å². The molecule has 6 heteroatoms. The third-order valence-electron chi connectivity index (χ3n) is 5.80. The second-order valence-corrected chi connectivity index (χ2v) is 7.85. The highest BCUT2D eigenvalue weighted by Gasteiger charge is 2.23. The summed E-state index contributed by atoms with van der Waals surface area (Å²) < 4.78 is 5.66. The van der Waals surface area contributed by atoms with Crippen molar-refractivity contribution < 1.29 is 4.52 Å². The van der Waals surface area contributed by atoms with Gasteiger partial charge in [-0.05, 0) is 26.2 Å². The number of rotatable bonds is 4. The van der Waals surface area contributed by atoms with Crippen LogP contribution in [-0.4, -0.2) is 38.8 Å². The number of nitrogens with zero attached hydrogens (tertiary/aromatic N) is 5. The van der Waals surface area contributed by atoms with Crippen molar-refractivity contribution in [3.05, 3.63) is 64.9 Å². The molecule has 148 valence electrons. The monoisotopic (exact) mass is 387 g/mol. The molecule has 0 N–H and O–H groups in total. The average Bonchev–Trinajstić information content (AvgIpc) is 3.14. The number of aliphatic imine (C=N–C) groups is 1. The van der Waals surface area contributed by atoms with Gasteiger partial charge in [0, 0.05) is 55.5 Å². The van der Waals surface area contributed by atoms with E-state index in [1.165, 1.54) is 24.1 Å². The Morgan fingerprint density at radius 3 is 2.83 bits per heavy atom. The van der Waals surface area contributed by atoms with Crippen LogP contribution in [0.2, 0.25) is 0 Å². The minimum absolute atomic E-state index is 0.813. The third kappa shape index (κ3) is 3.72. The first kappa shape index (κ1) is 18.2. The lowest BCUT2D eigenvalue weighted by atomic mass is 10.0. The number of hydrogen-bond acceptors (Lipinski definition) is 6. The van der Waals surface area contributed by atoms with Crippen molar-refractivity contribution in [2.75, 3.05) is 13.1 Å². The molecule has 0 aliphatic carbocycles. The molecule has 0 unspecified atom stereocenters. The molecular formula is C23H25N5O. The minimum Gasteiger partial charge on any atom is -0.356 e. The maximum Gasteiger partial charge on any atom is 0.173 e. The number of hydrogen-bond donors (Lipinski definition) is 0. The average molecular weight is 387 g/mol. The smallest absolute Gasteiger partial charge is 0.173 e. The summed E-state index contributed by atoms with van der Waals surface area (Å²) >= 11 is 0. The molecule has 0 radical (unpaired) electrons. The molecule has 5 rings (SSSR count). The number of aromatic nitrogens is 3. The molecule has 0 saturated carbocycles. The van der Waals surface area contributed by atoms with E-state index in [9.17, 15) is 0 Å². The Morgan fingerprint density at radius 2 is 2.00 bits per heavy atom. The summed E-state index contributed by atoms with van der Waals surface area (Å²) in [6.45, 7) is 5.55. The van der Waals surface area contributed by atoms with Crippen LogP contribution in [0.5, 0.6) is 0 Å². The Kier molecular flexibility index (Phi) is 4.94. The van der Waals surface area contributed by atoms with E-state index in [1.54, 1.807) is 0 Å². The summed E-state index contributed by atoms with van der Waals surface area (Å²) in [7, 11) is 0. The lowest BCUT2D eigenvalue weighted by Crippen LogP contribution is -2.31. The molecule has 1 aromatic carbocycles. The summed E-state index contributed by atoms with van der Waals surface area (Å²) in [6, 6.07) is 10.2. The quantitative estimate of drug-likeness (QED) is 0.678. The molecule has 0 bridgehead atoms. The third-order valence-corrected chi connectivity index (χ3v) is 5.80. The van der Waals surface area contributed by atoms with Crippen molar-refractivity contribution in [2.24, 2.45) is 4.99 Å². The minimum atomic E-state index is 0.813. The molecule has 29 heavy (non-hydrogen) atoms. The van der Waals surface area contributed by atoms with Crippen LogP contribution in [-0.2, 0) is 19.5 Å². The Labute approximate surface area is 170 Å². The van der Waals surface area contributed by atoms with E-state index in [1.807, 2.05) is 31.3 Å². The van der Waals surface area contributed by atoms with Crippen LogP contribution in [0.1, 0.15) is 47.6 Å². The van der Waals surface area contributed by atoms with E-state index >= 15 is 0 Å². The fraction of sp³-hybridized carbons (Fsp3) is 0.391. The first-order chi connectivity index (χ1) is 14.3. The summed E-state index contributed by atoms with van der Waals surface area (Å²) in [4.78, 5) is 16.5. The van der Waals surface area contributed by atoms with Gasteiger partial charge in [0.15, 0.2) is 11.6 Å². The van der Waals surface area contributed by atoms with Gasteiger partial charge in [-0.1, -0.05) is 35.5 Å². The highest BCUT2D eigenvalue weighted by Crippen LogP contribution is 2.29. The van der Waals surface area contributed by atoms with Gasteiger partial charge < -0.3 is 4.52 Å². The molecule has 0 saturated heterocycles. The largest absolute Gasteiger partial charge is 0.356 e. The molecule has 6 nitrogen and oxygen atoms in total. The van der Waals surface area contributed by atoms with E-state index in [2.05, 4.69) is 32.2 Å². The van der Waals surface area contributed by atoms with Crippen LogP contribution < -0.4 is 0 Å². The standard InChI is InChI=1S/C23H25N5O/c1-16-19(22(29-27-16)17-7-3-2-4-8-17)15-28-12-10-20-18(14-28)13-25-23(26-20)21-9-5-6-11-24-21/h2-4,7-8,13H,5-6,9-12,14-15H2,1H3. The SMILES string of the molecule is Cc1noc(-c2ccccc2)c1CN1CCc2nc(C3=NCCCC3)ncc2C1. The van der Waals surface area contributed by atoms with E-state index in [4.69, 9.17) is 9.51 Å². The van der Waals surface area contributed by atoms with Crippen LogP contribution in [0.25, 0.3) is 11.3 Å². The van der Waals surface area contributed by atoms with Gasteiger partial charge in [0.2, 0.25) is 0 Å². The molecule has 3 aromatic rings. The normalized spacial score (nSPS) is 17.1. The van der Waals surface area contributed by atoms with Crippen molar-refractivity contribution in [3.63, 3.8) is 0 Å². The second-order valence-electron chi connectivity index (χ2n) is 7.85. The second kappa shape index (κ2) is 7.87. The highest BCUT2D eigenvalue weighted by atomic mass is 16.5. The molecule has 2 aromatic heterocycles. The van der Waals surface area contributed by atoms with Crippen LogP contribution in [0.4, 0.5) is 0 Å². The molecule has 2 aliphatic heterocycles. The molecule has 0 atom stereocenters. The van der Waals surface area contributed by atoms with Crippen molar-refractivity contribution in [2.45, 2.75) is 45.7 Å². The van der Waals surface area contributed by atoms with E-state index in [-0.39, 0.29) is 0 Å². The van der Waals surface area contributed by atoms with Crippen molar-refractivity contribution in [1.82, 2.24) is 20.0 Å².